The molecule has 2 atom stereocenters. The lowest BCUT2D eigenvalue weighted by Crippen LogP contribution is -2.09. The predicted molar refractivity (Wildman–Crippen MR) is 128 cm³/mol. The number of rotatable bonds is 5. The van der Waals surface area contributed by atoms with Gasteiger partial charge in [-0.15, -0.1) is 11.8 Å². The number of hydrogen-bond acceptors (Lipinski definition) is 2. The quantitative estimate of drug-likeness (QED) is 0.304. The Morgan fingerprint density at radius 1 is 0.500 bits per heavy atom. The third-order valence-electron chi connectivity index (χ3n) is 5.56. The van der Waals surface area contributed by atoms with Gasteiger partial charge in [-0.2, -0.15) is 0 Å². The molecule has 0 saturated heterocycles. The van der Waals surface area contributed by atoms with Gasteiger partial charge in [-0.25, -0.2) is 0 Å². The molecule has 5 aromatic rings. The van der Waals surface area contributed by atoms with Gasteiger partial charge in [0, 0.05) is 4.90 Å². The van der Waals surface area contributed by atoms with Crippen molar-refractivity contribution in [3.63, 3.8) is 0 Å². The number of aliphatic hydroxyl groups is 1. The number of aliphatic hydroxyl groups excluding tert-OH is 1. The second-order valence-electron chi connectivity index (χ2n) is 7.43. The van der Waals surface area contributed by atoms with Crippen LogP contribution in [0.25, 0.3) is 21.5 Å². The second-order valence-corrected chi connectivity index (χ2v) is 8.65. The Kier molecular flexibility index (Phi) is 5.27. The van der Waals surface area contributed by atoms with Crippen LogP contribution in [0.3, 0.4) is 0 Å². The van der Waals surface area contributed by atoms with Crippen LogP contribution in [0.15, 0.2) is 120 Å². The van der Waals surface area contributed by atoms with Crippen molar-refractivity contribution in [2.45, 2.75) is 16.2 Å². The smallest absolute Gasteiger partial charge is 0.0959 e. The van der Waals surface area contributed by atoms with E-state index in [0.29, 0.717) is 0 Å². The summed E-state index contributed by atoms with van der Waals surface area (Å²) in [5.41, 5.74) is 2.12. The molecule has 5 aromatic carbocycles. The minimum Gasteiger partial charge on any atom is -0.387 e. The standard InChI is InChI=1S/C28H22OS/c29-27(25-18-8-12-20-10-4-6-16-23(20)25)28(30-22-14-2-1-3-15-22)26-19-9-13-21-11-5-7-17-24(21)26/h1-19,27-29H/t27-,28-/m1/s1. The lowest BCUT2D eigenvalue weighted by Gasteiger charge is -2.26. The van der Waals surface area contributed by atoms with E-state index in [1.807, 2.05) is 36.4 Å². The molecular weight excluding hydrogens is 384 g/mol. The molecule has 0 spiro atoms. The third kappa shape index (κ3) is 3.60. The molecule has 0 unspecified atom stereocenters. The third-order valence-corrected chi connectivity index (χ3v) is 6.87. The highest BCUT2D eigenvalue weighted by atomic mass is 32.2. The van der Waals surface area contributed by atoms with Crippen LogP contribution >= 0.6 is 11.8 Å². The molecule has 2 heteroatoms. The number of thioether (sulfide) groups is 1. The van der Waals surface area contributed by atoms with E-state index in [4.69, 9.17) is 0 Å². The first kappa shape index (κ1) is 18.9. The zero-order chi connectivity index (χ0) is 20.3. The first-order chi connectivity index (χ1) is 14.8. The van der Waals surface area contributed by atoms with Gasteiger partial charge in [0.2, 0.25) is 0 Å². The van der Waals surface area contributed by atoms with Gasteiger partial charge >= 0.3 is 0 Å². The van der Waals surface area contributed by atoms with Crippen LogP contribution in [0.4, 0.5) is 0 Å². The Balaban J connectivity index is 1.67. The van der Waals surface area contributed by atoms with Crippen molar-refractivity contribution in [1.29, 1.82) is 0 Å². The van der Waals surface area contributed by atoms with E-state index in [9.17, 15) is 5.11 Å². The molecule has 0 amide bonds. The summed E-state index contributed by atoms with van der Waals surface area (Å²) in [6.07, 6.45) is -0.646. The Morgan fingerprint density at radius 2 is 1.00 bits per heavy atom. The molecule has 0 saturated carbocycles. The molecule has 0 fully saturated rings. The summed E-state index contributed by atoms with van der Waals surface area (Å²) < 4.78 is 0. The predicted octanol–water partition coefficient (Wildman–Crippen LogP) is 7.56. The van der Waals surface area contributed by atoms with Crippen molar-refractivity contribution in [3.05, 3.63) is 126 Å². The van der Waals surface area contributed by atoms with E-state index < -0.39 is 6.10 Å². The van der Waals surface area contributed by atoms with Crippen LogP contribution in [-0.4, -0.2) is 5.11 Å². The number of fused-ring (bicyclic) bond motifs is 2. The molecule has 0 aliphatic rings. The molecular formula is C28H22OS. The molecule has 5 rings (SSSR count). The van der Waals surface area contributed by atoms with Crippen molar-refractivity contribution < 1.29 is 5.11 Å². The summed E-state index contributed by atoms with van der Waals surface area (Å²) in [7, 11) is 0. The van der Waals surface area contributed by atoms with Crippen molar-refractivity contribution >= 4 is 33.3 Å². The zero-order valence-electron chi connectivity index (χ0n) is 16.5. The Bertz CT molecular complexity index is 1290. The fourth-order valence-electron chi connectivity index (χ4n) is 4.11. The lowest BCUT2D eigenvalue weighted by molar-refractivity contribution is 0.177. The molecule has 0 bridgehead atoms. The first-order valence-electron chi connectivity index (χ1n) is 10.2. The fourth-order valence-corrected chi connectivity index (χ4v) is 5.33. The van der Waals surface area contributed by atoms with E-state index in [1.165, 1.54) is 10.8 Å². The molecule has 0 heterocycles. The van der Waals surface area contributed by atoms with E-state index >= 15 is 0 Å². The van der Waals surface area contributed by atoms with Crippen LogP contribution < -0.4 is 0 Å². The molecule has 0 aliphatic heterocycles. The minimum absolute atomic E-state index is 0.135. The van der Waals surface area contributed by atoms with Gasteiger partial charge in [0.1, 0.15) is 0 Å². The second kappa shape index (κ2) is 8.35. The van der Waals surface area contributed by atoms with E-state index in [1.54, 1.807) is 11.8 Å². The maximum atomic E-state index is 11.7. The highest BCUT2D eigenvalue weighted by Gasteiger charge is 2.26. The Hall–Kier alpha value is -3.07. The monoisotopic (exact) mass is 406 g/mol. The van der Waals surface area contributed by atoms with Crippen LogP contribution in [-0.2, 0) is 0 Å². The van der Waals surface area contributed by atoms with Crippen LogP contribution in [0.5, 0.6) is 0 Å². The van der Waals surface area contributed by atoms with Gasteiger partial charge < -0.3 is 5.11 Å². The van der Waals surface area contributed by atoms with Crippen LogP contribution in [0.1, 0.15) is 22.5 Å². The van der Waals surface area contributed by atoms with Crippen molar-refractivity contribution in [2.75, 3.05) is 0 Å². The number of hydrogen-bond donors (Lipinski definition) is 1. The normalized spacial score (nSPS) is 13.4. The van der Waals surface area contributed by atoms with E-state index in [0.717, 1.165) is 26.8 Å². The van der Waals surface area contributed by atoms with Crippen molar-refractivity contribution in [1.82, 2.24) is 0 Å². The summed E-state index contributed by atoms with van der Waals surface area (Å²) in [6, 6.07) is 39.6. The van der Waals surface area contributed by atoms with Crippen molar-refractivity contribution in [2.24, 2.45) is 0 Å². The van der Waals surface area contributed by atoms with Gasteiger partial charge in [0.15, 0.2) is 0 Å². The first-order valence-corrected chi connectivity index (χ1v) is 11.0. The lowest BCUT2D eigenvalue weighted by atomic mass is 9.93. The zero-order valence-corrected chi connectivity index (χ0v) is 17.3. The summed E-state index contributed by atoms with van der Waals surface area (Å²) >= 11 is 1.72. The average molecular weight is 407 g/mol. The van der Waals surface area contributed by atoms with Crippen molar-refractivity contribution in [3.8, 4) is 0 Å². The fraction of sp³-hybridized carbons (Fsp3) is 0.0714. The molecule has 30 heavy (non-hydrogen) atoms. The summed E-state index contributed by atoms with van der Waals surface area (Å²) in [5, 5.41) is 16.2. The summed E-state index contributed by atoms with van der Waals surface area (Å²) in [6.45, 7) is 0. The van der Waals surface area contributed by atoms with Gasteiger partial charge in [-0.05, 0) is 44.8 Å². The van der Waals surface area contributed by atoms with Crippen LogP contribution in [0, 0.1) is 0 Å². The highest BCUT2D eigenvalue weighted by Crippen LogP contribution is 2.47. The van der Waals surface area contributed by atoms with Gasteiger partial charge in [0.05, 0.1) is 11.4 Å². The molecule has 0 aliphatic carbocycles. The minimum atomic E-state index is -0.646. The molecule has 1 N–H and O–H groups in total. The number of benzene rings is 5. The Morgan fingerprint density at radius 3 is 1.67 bits per heavy atom. The Labute approximate surface area is 181 Å². The van der Waals surface area contributed by atoms with Gasteiger partial charge in [-0.3, -0.25) is 0 Å². The molecule has 0 radical (unpaired) electrons. The SMILES string of the molecule is O[C@H](c1cccc2ccccc12)[C@H](Sc1ccccc1)c1cccc2ccccc12. The molecule has 146 valence electrons. The maximum absolute atomic E-state index is 11.7. The average Bonchev–Trinajstić information content (AvgIpc) is 2.82. The molecule has 0 aromatic heterocycles. The van der Waals surface area contributed by atoms with E-state index in [2.05, 4.69) is 78.9 Å². The molecule has 1 nitrogen and oxygen atoms in total. The summed E-state index contributed by atoms with van der Waals surface area (Å²) in [5.74, 6) is 0. The van der Waals surface area contributed by atoms with E-state index in [-0.39, 0.29) is 5.25 Å². The van der Waals surface area contributed by atoms with Gasteiger partial charge in [-0.1, -0.05) is 103 Å². The van der Waals surface area contributed by atoms with Crippen LogP contribution in [0.2, 0.25) is 0 Å². The van der Waals surface area contributed by atoms with Gasteiger partial charge in [0.25, 0.3) is 0 Å². The maximum Gasteiger partial charge on any atom is 0.0959 e. The topological polar surface area (TPSA) is 20.2 Å². The summed E-state index contributed by atoms with van der Waals surface area (Å²) in [4.78, 5) is 1.15. The largest absolute Gasteiger partial charge is 0.387 e. The highest BCUT2D eigenvalue weighted by molar-refractivity contribution is 7.99.